The van der Waals surface area contributed by atoms with Crippen LogP contribution in [0.1, 0.15) is 15.9 Å². The number of fused-ring (bicyclic) bond motifs is 1. The number of carbonyl (C=O) groups excluding carboxylic acids is 1. The van der Waals surface area contributed by atoms with E-state index in [-0.39, 0.29) is 11.7 Å². The minimum absolute atomic E-state index is 0.0551. The third-order valence-corrected chi connectivity index (χ3v) is 3.62. The highest BCUT2D eigenvalue weighted by Gasteiger charge is 2.05. The molecule has 0 saturated carbocycles. The maximum Gasteiger partial charge on any atom is 0.271 e. The van der Waals surface area contributed by atoms with E-state index >= 15 is 0 Å². The van der Waals surface area contributed by atoms with Gasteiger partial charge in [-0.05, 0) is 41.1 Å². The Morgan fingerprint density at radius 1 is 1.08 bits per heavy atom. The summed E-state index contributed by atoms with van der Waals surface area (Å²) in [5.74, 6) is 0.328. The van der Waals surface area contributed by atoms with Crippen LogP contribution < -0.4 is 10.2 Å². The lowest BCUT2D eigenvalue weighted by Gasteiger charge is -2.04. The summed E-state index contributed by atoms with van der Waals surface area (Å²) in [6.45, 7) is 0. The zero-order valence-electron chi connectivity index (χ0n) is 13.1. The van der Waals surface area contributed by atoms with Crippen LogP contribution in [0.25, 0.3) is 10.8 Å². The second kappa shape index (κ2) is 6.83. The lowest BCUT2D eigenvalue weighted by atomic mass is 10.1. The van der Waals surface area contributed by atoms with Gasteiger partial charge in [0.2, 0.25) is 0 Å². The minimum Gasteiger partial charge on any atom is -0.507 e. The third kappa shape index (κ3) is 3.35. The van der Waals surface area contributed by atoms with Crippen molar-refractivity contribution in [3.63, 3.8) is 0 Å². The smallest absolute Gasteiger partial charge is 0.271 e. The number of phenols is 1. The predicted octanol–water partition coefficient (Wildman–Crippen LogP) is 3.32. The Hall–Kier alpha value is -3.34. The van der Waals surface area contributed by atoms with Crippen LogP contribution in [0.3, 0.4) is 0 Å². The highest BCUT2D eigenvalue weighted by molar-refractivity contribution is 5.99. The van der Waals surface area contributed by atoms with Gasteiger partial charge in [-0.25, -0.2) is 5.43 Å². The zero-order valence-corrected chi connectivity index (χ0v) is 13.1. The van der Waals surface area contributed by atoms with Gasteiger partial charge in [-0.3, -0.25) is 4.79 Å². The van der Waals surface area contributed by atoms with E-state index in [9.17, 15) is 9.90 Å². The number of hydrogen-bond acceptors (Lipinski definition) is 4. The highest BCUT2D eigenvalue weighted by atomic mass is 16.5. The third-order valence-electron chi connectivity index (χ3n) is 3.62. The molecule has 0 fully saturated rings. The van der Waals surface area contributed by atoms with Crippen LogP contribution in [0, 0.1) is 0 Å². The molecule has 3 rings (SSSR count). The van der Waals surface area contributed by atoms with Crippen molar-refractivity contribution >= 4 is 22.9 Å². The van der Waals surface area contributed by atoms with E-state index < -0.39 is 0 Å². The molecule has 0 aliphatic carbocycles. The molecule has 0 aromatic heterocycles. The van der Waals surface area contributed by atoms with E-state index in [1.165, 1.54) is 19.4 Å². The van der Waals surface area contributed by atoms with Crippen LogP contribution in [0.2, 0.25) is 0 Å². The Labute approximate surface area is 139 Å². The number of aromatic hydroxyl groups is 1. The maximum atomic E-state index is 12.2. The van der Waals surface area contributed by atoms with Gasteiger partial charge in [-0.1, -0.05) is 30.3 Å². The van der Waals surface area contributed by atoms with Crippen LogP contribution in [0.5, 0.6) is 11.5 Å². The van der Waals surface area contributed by atoms with Crippen LogP contribution in [0.15, 0.2) is 65.8 Å². The number of rotatable bonds is 4. The van der Waals surface area contributed by atoms with E-state index in [1.54, 1.807) is 18.2 Å². The molecule has 0 heterocycles. The molecule has 0 bridgehead atoms. The Kier molecular flexibility index (Phi) is 4.43. The average Bonchev–Trinajstić information content (AvgIpc) is 2.62. The van der Waals surface area contributed by atoms with Gasteiger partial charge in [0.25, 0.3) is 5.91 Å². The summed E-state index contributed by atoms with van der Waals surface area (Å²) < 4.78 is 5.09. The van der Waals surface area contributed by atoms with Crippen molar-refractivity contribution in [2.24, 2.45) is 5.10 Å². The van der Waals surface area contributed by atoms with Gasteiger partial charge < -0.3 is 9.84 Å². The topological polar surface area (TPSA) is 70.9 Å². The number of carbonyl (C=O) groups is 1. The van der Waals surface area contributed by atoms with Gasteiger partial charge in [0.1, 0.15) is 11.5 Å². The van der Waals surface area contributed by atoms with Crippen molar-refractivity contribution in [3.05, 3.63) is 71.8 Å². The number of nitrogens with one attached hydrogen (secondary N) is 1. The molecule has 5 nitrogen and oxygen atoms in total. The quantitative estimate of drug-likeness (QED) is 0.572. The van der Waals surface area contributed by atoms with Gasteiger partial charge in [0.05, 0.1) is 13.3 Å². The average molecular weight is 320 g/mol. The van der Waals surface area contributed by atoms with E-state index in [0.29, 0.717) is 16.9 Å². The first-order chi connectivity index (χ1) is 11.7. The van der Waals surface area contributed by atoms with Crippen molar-refractivity contribution in [1.82, 2.24) is 5.43 Å². The van der Waals surface area contributed by atoms with Crippen molar-refractivity contribution in [2.45, 2.75) is 0 Å². The molecule has 0 spiro atoms. The van der Waals surface area contributed by atoms with E-state index in [0.717, 1.165) is 10.8 Å². The SMILES string of the molecule is COc1ccc(O)c(/C=N\NC(=O)c2ccc3ccccc3c2)c1. The van der Waals surface area contributed by atoms with Crippen molar-refractivity contribution in [1.29, 1.82) is 0 Å². The van der Waals surface area contributed by atoms with Crippen LogP contribution >= 0.6 is 0 Å². The normalized spacial score (nSPS) is 10.9. The van der Waals surface area contributed by atoms with Gasteiger partial charge >= 0.3 is 0 Å². The molecule has 0 atom stereocenters. The van der Waals surface area contributed by atoms with Crippen LogP contribution in [0.4, 0.5) is 0 Å². The highest BCUT2D eigenvalue weighted by Crippen LogP contribution is 2.21. The first kappa shape index (κ1) is 15.6. The molecule has 120 valence electrons. The predicted molar refractivity (Wildman–Crippen MR) is 93.7 cm³/mol. The number of amides is 1. The molecule has 3 aromatic rings. The fraction of sp³-hybridized carbons (Fsp3) is 0.0526. The van der Waals surface area contributed by atoms with Gasteiger partial charge in [-0.2, -0.15) is 5.10 Å². The fourth-order valence-corrected chi connectivity index (χ4v) is 2.32. The molecule has 1 amide bonds. The maximum absolute atomic E-state index is 12.2. The van der Waals surface area contributed by atoms with Crippen molar-refractivity contribution < 1.29 is 14.6 Å². The number of phenolic OH excluding ortho intramolecular Hbond substituents is 1. The Balaban J connectivity index is 1.74. The Morgan fingerprint density at radius 2 is 1.88 bits per heavy atom. The molecule has 0 aliphatic rings. The van der Waals surface area contributed by atoms with Crippen LogP contribution in [-0.2, 0) is 0 Å². The first-order valence-electron chi connectivity index (χ1n) is 7.36. The molecule has 0 aliphatic heterocycles. The molecule has 2 N–H and O–H groups in total. The van der Waals surface area contributed by atoms with Crippen molar-refractivity contribution in [3.8, 4) is 11.5 Å². The molecular weight excluding hydrogens is 304 g/mol. The molecule has 3 aromatic carbocycles. The lowest BCUT2D eigenvalue weighted by molar-refractivity contribution is 0.0955. The molecule has 24 heavy (non-hydrogen) atoms. The second-order valence-corrected chi connectivity index (χ2v) is 5.19. The number of hydrazone groups is 1. The largest absolute Gasteiger partial charge is 0.507 e. The molecular formula is C19H16N2O3. The second-order valence-electron chi connectivity index (χ2n) is 5.19. The number of nitrogens with zero attached hydrogens (tertiary/aromatic N) is 1. The Morgan fingerprint density at radius 3 is 2.67 bits per heavy atom. The molecule has 5 heteroatoms. The van der Waals surface area contributed by atoms with Gasteiger partial charge in [-0.15, -0.1) is 0 Å². The van der Waals surface area contributed by atoms with E-state index in [2.05, 4.69) is 10.5 Å². The fourth-order valence-electron chi connectivity index (χ4n) is 2.32. The summed E-state index contributed by atoms with van der Waals surface area (Å²) in [6, 6.07) is 18.0. The lowest BCUT2D eigenvalue weighted by Crippen LogP contribution is -2.17. The summed E-state index contributed by atoms with van der Waals surface area (Å²) in [5, 5.41) is 15.7. The van der Waals surface area contributed by atoms with E-state index in [4.69, 9.17) is 4.74 Å². The summed E-state index contributed by atoms with van der Waals surface area (Å²) in [4.78, 5) is 12.2. The number of ether oxygens (including phenoxy) is 1. The molecule has 0 saturated heterocycles. The summed E-state index contributed by atoms with van der Waals surface area (Å²) >= 11 is 0. The molecule has 0 unspecified atom stereocenters. The van der Waals surface area contributed by atoms with Crippen molar-refractivity contribution in [2.75, 3.05) is 7.11 Å². The summed E-state index contributed by atoms with van der Waals surface area (Å²) in [5.41, 5.74) is 3.42. The summed E-state index contributed by atoms with van der Waals surface area (Å²) in [6.07, 6.45) is 1.37. The van der Waals surface area contributed by atoms with E-state index in [1.807, 2.05) is 36.4 Å². The summed E-state index contributed by atoms with van der Waals surface area (Å²) in [7, 11) is 1.54. The zero-order chi connectivity index (χ0) is 16.9. The Bertz CT molecular complexity index is 919. The van der Waals surface area contributed by atoms with Crippen LogP contribution in [-0.4, -0.2) is 24.3 Å². The first-order valence-corrected chi connectivity index (χ1v) is 7.36. The van der Waals surface area contributed by atoms with Gasteiger partial charge in [0, 0.05) is 11.1 Å². The number of methoxy groups -OCH3 is 1. The number of hydrogen-bond donors (Lipinski definition) is 2. The standard InChI is InChI=1S/C19H16N2O3/c1-24-17-8-9-18(22)16(11-17)12-20-21-19(23)15-7-6-13-4-2-3-5-14(13)10-15/h2-12,22H,1H3,(H,21,23)/b20-12-. The molecule has 0 radical (unpaired) electrons. The number of benzene rings is 3. The van der Waals surface area contributed by atoms with Gasteiger partial charge in [0.15, 0.2) is 0 Å². The monoisotopic (exact) mass is 320 g/mol. The minimum atomic E-state index is -0.320.